The van der Waals surface area contributed by atoms with Crippen molar-refractivity contribution in [1.29, 1.82) is 0 Å². The Labute approximate surface area is 281 Å². The summed E-state index contributed by atoms with van der Waals surface area (Å²) in [5.74, 6) is 0.836. The van der Waals surface area contributed by atoms with E-state index < -0.39 is 15.4 Å². The lowest BCUT2D eigenvalue weighted by Gasteiger charge is -2.36. The Kier molecular flexibility index (Phi) is 9.81. The molecule has 2 N–H and O–H groups in total. The zero-order chi connectivity index (χ0) is 32.9. The van der Waals surface area contributed by atoms with E-state index in [1.54, 1.807) is 48.9 Å². The lowest BCUT2D eigenvalue weighted by Crippen LogP contribution is -2.49. The van der Waals surface area contributed by atoms with Gasteiger partial charge in [0.05, 0.1) is 44.8 Å². The van der Waals surface area contributed by atoms with Crippen molar-refractivity contribution in [3.8, 4) is 5.75 Å². The van der Waals surface area contributed by atoms with Crippen LogP contribution in [0.2, 0.25) is 0 Å². The Morgan fingerprint density at radius 1 is 1.04 bits per heavy atom. The van der Waals surface area contributed by atoms with Gasteiger partial charge >= 0.3 is 0 Å². The number of nitrogens with one attached hydrogen (secondary N) is 2. The highest BCUT2D eigenvalue weighted by Gasteiger charge is 2.44. The summed E-state index contributed by atoms with van der Waals surface area (Å²) in [6.07, 6.45) is 8.03. The minimum Gasteiger partial charge on any atom is -0.488 e. The van der Waals surface area contributed by atoms with Crippen LogP contribution < -0.4 is 15.4 Å². The van der Waals surface area contributed by atoms with Crippen molar-refractivity contribution < 1.29 is 22.3 Å². The fourth-order valence-electron chi connectivity index (χ4n) is 5.67. The van der Waals surface area contributed by atoms with Crippen LogP contribution in [0.15, 0.2) is 113 Å². The number of pyridine rings is 1. The largest absolute Gasteiger partial charge is 0.488 e. The summed E-state index contributed by atoms with van der Waals surface area (Å²) in [5, 5.41) is 7.58. The van der Waals surface area contributed by atoms with Crippen LogP contribution in [-0.4, -0.2) is 41.7 Å². The van der Waals surface area contributed by atoms with Crippen LogP contribution in [-0.2, 0) is 26.8 Å². The first-order valence-electron chi connectivity index (χ1n) is 15.2. The van der Waals surface area contributed by atoms with E-state index in [2.05, 4.69) is 36.5 Å². The summed E-state index contributed by atoms with van der Waals surface area (Å²) in [4.78, 5) is 14.0. The molecule has 242 valence electrons. The molecule has 9 nitrogen and oxygen atoms in total. The molecule has 2 unspecified atom stereocenters. The number of fused-ring (bicyclic) bond motifs is 1. The third-order valence-corrected chi connectivity index (χ3v) is 10.4. The molecule has 1 aliphatic rings. The summed E-state index contributed by atoms with van der Waals surface area (Å²) >= 11 is 3.58. The standard InChI is InChI=1S/C35H33BrFN5O4S/c1-2-32(38-15-17-47(43,44)27-10-4-3-5-11-27)35(14-7-16-46-35)33-20-28-30(21-39-33)40-23-41-34(28)42-26-12-13-31(29(36)19-26)45-22-24-8-6-9-25(37)18-24/h3-13,16,18-21,23,32,38H,2,14-15,17,22H2,1H3,(H,40,41,42). The second-order valence-corrected chi connectivity index (χ2v) is 14.1. The predicted octanol–water partition coefficient (Wildman–Crippen LogP) is 7.22. The molecule has 47 heavy (non-hydrogen) atoms. The molecule has 0 bridgehead atoms. The van der Waals surface area contributed by atoms with Gasteiger partial charge in [0, 0.05) is 24.0 Å². The van der Waals surface area contributed by atoms with Crippen molar-refractivity contribution in [2.75, 3.05) is 17.6 Å². The molecule has 2 atom stereocenters. The van der Waals surface area contributed by atoms with Crippen LogP contribution >= 0.6 is 15.9 Å². The van der Waals surface area contributed by atoms with Crippen LogP contribution in [0.3, 0.4) is 0 Å². The van der Waals surface area contributed by atoms with Crippen molar-refractivity contribution in [3.63, 3.8) is 0 Å². The highest BCUT2D eigenvalue weighted by Crippen LogP contribution is 2.40. The second-order valence-electron chi connectivity index (χ2n) is 11.1. The molecular formula is C35H33BrFN5O4S. The lowest BCUT2D eigenvalue weighted by atomic mass is 9.85. The Morgan fingerprint density at radius 3 is 2.64 bits per heavy atom. The van der Waals surface area contributed by atoms with E-state index in [4.69, 9.17) is 14.5 Å². The second kappa shape index (κ2) is 14.2. The van der Waals surface area contributed by atoms with Crippen molar-refractivity contribution in [3.05, 3.63) is 125 Å². The summed E-state index contributed by atoms with van der Waals surface area (Å²) in [6.45, 7) is 2.51. The smallest absolute Gasteiger partial charge is 0.179 e. The maximum Gasteiger partial charge on any atom is 0.179 e. The molecule has 0 spiro atoms. The molecule has 1 aliphatic heterocycles. The molecule has 6 rings (SSSR count). The first-order valence-corrected chi connectivity index (χ1v) is 17.6. The van der Waals surface area contributed by atoms with Crippen molar-refractivity contribution in [1.82, 2.24) is 20.3 Å². The van der Waals surface area contributed by atoms with Gasteiger partial charge in [-0.25, -0.2) is 22.8 Å². The number of hydrogen-bond acceptors (Lipinski definition) is 9. The Bertz CT molecular complexity index is 2000. The van der Waals surface area contributed by atoms with Gasteiger partial charge in [0.15, 0.2) is 15.4 Å². The van der Waals surface area contributed by atoms with E-state index in [1.165, 1.54) is 18.5 Å². The summed E-state index contributed by atoms with van der Waals surface area (Å²) in [7, 11) is -3.44. The number of halogens is 2. The monoisotopic (exact) mass is 717 g/mol. The fourth-order valence-corrected chi connectivity index (χ4v) is 7.36. The Hall–Kier alpha value is -4.39. The average Bonchev–Trinajstić information content (AvgIpc) is 3.58. The minimum absolute atomic E-state index is 0.0473. The first kappa shape index (κ1) is 32.5. The highest BCUT2D eigenvalue weighted by molar-refractivity contribution is 9.10. The molecule has 0 radical (unpaired) electrons. The molecule has 0 saturated carbocycles. The normalized spacial score (nSPS) is 16.6. The van der Waals surface area contributed by atoms with Gasteiger partial charge in [0.25, 0.3) is 0 Å². The zero-order valence-corrected chi connectivity index (χ0v) is 28.0. The summed E-state index contributed by atoms with van der Waals surface area (Å²) < 4.78 is 52.3. The summed E-state index contributed by atoms with van der Waals surface area (Å²) in [6, 6.07) is 22.0. The Balaban J connectivity index is 1.21. The van der Waals surface area contributed by atoms with Gasteiger partial charge in [0.1, 0.15) is 30.3 Å². The van der Waals surface area contributed by atoms with E-state index in [0.717, 1.165) is 21.1 Å². The maximum absolute atomic E-state index is 13.6. The van der Waals surface area contributed by atoms with E-state index in [1.807, 2.05) is 43.3 Å². The third kappa shape index (κ3) is 7.29. The molecule has 0 fully saturated rings. The van der Waals surface area contributed by atoms with Gasteiger partial charge in [-0.2, -0.15) is 0 Å². The van der Waals surface area contributed by atoms with Crippen molar-refractivity contribution >= 4 is 48.2 Å². The van der Waals surface area contributed by atoms with E-state index in [0.29, 0.717) is 40.5 Å². The molecule has 0 saturated heterocycles. The molecule has 0 amide bonds. The first-order chi connectivity index (χ1) is 22.8. The minimum atomic E-state index is -3.44. The molecule has 3 aromatic carbocycles. The molecule has 12 heteroatoms. The number of ether oxygens (including phenoxy) is 2. The summed E-state index contributed by atoms with van der Waals surface area (Å²) in [5.41, 5.74) is 1.97. The third-order valence-electron chi connectivity index (χ3n) is 8.06. The van der Waals surface area contributed by atoms with Crippen LogP contribution in [0.4, 0.5) is 15.9 Å². The SMILES string of the molecule is CCC(NCCS(=O)(=O)c1ccccc1)C1(c2cc3c(Nc4ccc(OCc5cccc(F)c5)c(Br)c4)ncnc3cn2)CC=CO1. The number of anilines is 2. The number of aromatic nitrogens is 3. The van der Waals surface area contributed by atoms with E-state index in [-0.39, 0.29) is 30.8 Å². The predicted molar refractivity (Wildman–Crippen MR) is 183 cm³/mol. The van der Waals surface area contributed by atoms with Gasteiger partial charge in [-0.15, -0.1) is 0 Å². The van der Waals surface area contributed by atoms with Gasteiger partial charge < -0.3 is 20.1 Å². The van der Waals surface area contributed by atoms with E-state index in [9.17, 15) is 12.8 Å². The van der Waals surface area contributed by atoms with Gasteiger partial charge in [0.2, 0.25) is 0 Å². The van der Waals surface area contributed by atoms with Crippen molar-refractivity contribution in [2.45, 2.75) is 42.9 Å². The number of sulfone groups is 1. The number of hydrogen-bond donors (Lipinski definition) is 2. The molecule has 0 aliphatic carbocycles. The van der Waals surface area contributed by atoms with Gasteiger partial charge in [-0.3, -0.25) is 4.98 Å². The van der Waals surface area contributed by atoms with Crippen LogP contribution in [0.25, 0.3) is 10.9 Å². The molecular weight excluding hydrogens is 685 g/mol. The van der Waals surface area contributed by atoms with Crippen molar-refractivity contribution in [2.24, 2.45) is 0 Å². The highest BCUT2D eigenvalue weighted by atomic mass is 79.9. The molecule has 3 heterocycles. The Morgan fingerprint density at radius 2 is 1.89 bits per heavy atom. The van der Waals surface area contributed by atoms with Gasteiger partial charge in [-0.1, -0.05) is 37.3 Å². The molecule has 5 aromatic rings. The number of nitrogens with zero attached hydrogens (tertiary/aromatic N) is 3. The zero-order valence-electron chi connectivity index (χ0n) is 25.6. The van der Waals surface area contributed by atoms with Crippen LogP contribution in [0, 0.1) is 5.82 Å². The van der Waals surface area contributed by atoms with Crippen LogP contribution in [0.5, 0.6) is 5.75 Å². The lowest BCUT2D eigenvalue weighted by molar-refractivity contribution is -0.00222. The number of rotatable bonds is 13. The van der Waals surface area contributed by atoms with Crippen LogP contribution in [0.1, 0.15) is 31.0 Å². The molecule has 2 aromatic heterocycles. The average molecular weight is 719 g/mol. The maximum atomic E-state index is 13.6. The number of benzene rings is 3. The van der Waals surface area contributed by atoms with Gasteiger partial charge in [-0.05, 0) is 82.5 Å². The van der Waals surface area contributed by atoms with E-state index >= 15 is 0 Å². The topological polar surface area (TPSA) is 115 Å². The quantitative estimate of drug-likeness (QED) is 0.130. The fraction of sp³-hybridized carbons (Fsp3) is 0.229.